The molecule has 2 heterocycles. The van der Waals surface area contributed by atoms with Gasteiger partial charge in [0.25, 0.3) is 0 Å². The van der Waals surface area contributed by atoms with Crippen LogP contribution in [0.4, 0.5) is 0 Å². The maximum absolute atomic E-state index is 11.7. The maximum atomic E-state index is 11.7. The van der Waals surface area contributed by atoms with Crippen LogP contribution >= 0.6 is 0 Å². The number of nitrogens with zero attached hydrogens (tertiary/aromatic N) is 2. The Balaban J connectivity index is 1.83. The van der Waals surface area contributed by atoms with E-state index in [1.165, 1.54) is 0 Å². The van der Waals surface area contributed by atoms with Gasteiger partial charge in [0.05, 0.1) is 19.3 Å². The Kier molecular flexibility index (Phi) is 4.62. The minimum absolute atomic E-state index is 0.00426. The third kappa shape index (κ3) is 3.31. The topological polar surface area (TPSA) is 91.4 Å². The minimum atomic E-state index is -0.232. The lowest BCUT2D eigenvalue weighted by Crippen LogP contribution is -2.42. The molecule has 1 aliphatic rings. The molecule has 0 unspecified atom stereocenters. The second-order valence-electron chi connectivity index (χ2n) is 6.59. The first-order chi connectivity index (χ1) is 11.5. The van der Waals surface area contributed by atoms with E-state index in [1.54, 1.807) is 6.20 Å². The molecule has 1 amide bonds. The van der Waals surface area contributed by atoms with E-state index < -0.39 is 0 Å². The third-order valence-corrected chi connectivity index (χ3v) is 3.92. The van der Waals surface area contributed by atoms with Gasteiger partial charge in [0.2, 0.25) is 5.91 Å². The van der Waals surface area contributed by atoms with E-state index >= 15 is 0 Å². The smallest absolute Gasteiger partial charge is 0.222 e. The molecule has 2 atom stereocenters. The summed E-state index contributed by atoms with van der Waals surface area (Å²) in [5.41, 5.74) is 6.79. The fourth-order valence-corrected chi connectivity index (χ4v) is 2.67. The number of nitrogens with two attached hydrogens (primary N) is 1. The standard InChI is InChI=1S/C17H24N4O3/c1-10(2)17(22)19-7-13-9-23-14-5-4-12-6-20-21(8-11(3)18)15(12)16(14)24-13/h4-6,10-11,13H,7-9,18H2,1-3H3,(H,19,22)/t11-,13-/m0/s1. The quantitative estimate of drug-likeness (QED) is 0.861. The van der Waals surface area contributed by atoms with Crippen molar-refractivity contribution in [1.29, 1.82) is 0 Å². The van der Waals surface area contributed by atoms with Crippen LogP contribution in [0.15, 0.2) is 18.3 Å². The highest BCUT2D eigenvalue weighted by Crippen LogP contribution is 2.38. The third-order valence-electron chi connectivity index (χ3n) is 3.92. The molecular formula is C17H24N4O3. The maximum Gasteiger partial charge on any atom is 0.222 e. The molecule has 0 bridgehead atoms. The number of amides is 1. The number of nitrogens with one attached hydrogen (secondary N) is 1. The lowest BCUT2D eigenvalue weighted by Gasteiger charge is -2.27. The van der Waals surface area contributed by atoms with Crippen LogP contribution < -0.4 is 20.5 Å². The summed E-state index contributed by atoms with van der Waals surface area (Å²) in [6, 6.07) is 3.83. The van der Waals surface area contributed by atoms with E-state index in [4.69, 9.17) is 15.2 Å². The summed E-state index contributed by atoms with van der Waals surface area (Å²) in [7, 11) is 0. The van der Waals surface area contributed by atoms with Gasteiger partial charge >= 0.3 is 0 Å². The number of hydrogen-bond donors (Lipinski definition) is 2. The van der Waals surface area contributed by atoms with Crippen molar-refractivity contribution in [3.63, 3.8) is 0 Å². The molecule has 24 heavy (non-hydrogen) atoms. The van der Waals surface area contributed by atoms with Crippen molar-refractivity contribution in [2.75, 3.05) is 13.2 Å². The molecule has 0 spiro atoms. The molecule has 2 aromatic rings. The average molecular weight is 332 g/mol. The number of benzene rings is 1. The van der Waals surface area contributed by atoms with Crippen molar-refractivity contribution in [3.8, 4) is 11.5 Å². The van der Waals surface area contributed by atoms with Crippen LogP contribution in [0, 0.1) is 5.92 Å². The van der Waals surface area contributed by atoms with Gasteiger partial charge in [0.15, 0.2) is 17.6 Å². The summed E-state index contributed by atoms with van der Waals surface area (Å²) in [4.78, 5) is 11.7. The van der Waals surface area contributed by atoms with E-state index in [9.17, 15) is 4.79 Å². The number of carbonyl (C=O) groups excluding carboxylic acids is 1. The zero-order valence-corrected chi connectivity index (χ0v) is 14.3. The van der Waals surface area contributed by atoms with Crippen molar-refractivity contribution >= 4 is 16.8 Å². The minimum Gasteiger partial charge on any atom is -0.486 e. The van der Waals surface area contributed by atoms with Crippen LogP contribution in [-0.4, -0.2) is 41.0 Å². The zero-order valence-electron chi connectivity index (χ0n) is 14.3. The predicted molar refractivity (Wildman–Crippen MR) is 91.1 cm³/mol. The van der Waals surface area contributed by atoms with Gasteiger partial charge in [-0.3, -0.25) is 9.48 Å². The average Bonchev–Trinajstić information content (AvgIpc) is 2.95. The molecule has 0 saturated heterocycles. The number of carbonyl (C=O) groups is 1. The first-order valence-electron chi connectivity index (χ1n) is 8.27. The molecule has 0 aliphatic carbocycles. The lowest BCUT2D eigenvalue weighted by atomic mass is 10.2. The molecule has 0 fully saturated rings. The highest BCUT2D eigenvalue weighted by atomic mass is 16.6. The molecule has 7 heteroatoms. The zero-order chi connectivity index (χ0) is 17.3. The van der Waals surface area contributed by atoms with Crippen LogP contribution in [0.3, 0.4) is 0 Å². The Hall–Kier alpha value is -2.28. The molecule has 0 saturated carbocycles. The SMILES string of the molecule is CC(C)C(=O)NC[C@H]1COc2ccc3cnn(C[C@H](C)N)c3c2O1. The number of hydrogen-bond acceptors (Lipinski definition) is 5. The van der Waals surface area contributed by atoms with Gasteiger partial charge in [-0.15, -0.1) is 0 Å². The molecule has 3 N–H and O–H groups in total. The van der Waals surface area contributed by atoms with Crippen LogP contribution in [0.1, 0.15) is 20.8 Å². The van der Waals surface area contributed by atoms with Gasteiger partial charge in [0.1, 0.15) is 12.1 Å². The molecular weight excluding hydrogens is 308 g/mol. The van der Waals surface area contributed by atoms with E-state index in [2.05, 4.69) is 10.4 Å². The molecule has 7 nitrogen and oxygen atoms in total. The lowest BCUT2D eigenvalue weighted by molar-refractivity contribution is -0.124. The summed E-state index contributed by atoms with van der Waals surface area (Å²) >= 11 is 0. The number of aromatic nitrogens is 2. The van der Waals surface area contributed by atoms with Gasteiger partial charge in [-0.25, -0.2) is 0 Å². The summed E-state index contributed by atoms with van der Waals surface area (Å²) < 4.78 is 13.8. The van der Waals surface area contributed by atoms with Gasteiger partial charge in [-0.05, 0) is 19.1 Å². The van der Waals surface area contributed by atoms with E-state index in [-0.39, 0.29) is 24.0 Å². The van der Waals surface area contributed by atoms with Crippen LogP contribution in [0.25, 0.3) is 10.9 Å². The Bertz CT molecular complexity index is 739. The second-order valence-corrected chi connectivity index (χ2v) is 6.59. The molecule has 130 valence electrons. The van der Waals surface area contributed by atoms with Crippen molar-refractivity contribution in [3.05, 3.63) is 18.3 Å². The Labute approximate surface area is 141 Å². The van der Waals surface area contributed by atoms with E-state index in [0.29, 0.717) is 31.2 Å². The Morgan fingerprint density at radius 3 is 2.96 bits per heavy atom. The summed E-state index contributed by atoms with van der Waals surface area (Å²) in [6.45, 7) is 7.06. The van der Waals surface area contributed by atoms with Crippen LogP contribution in [0.2, 0.25) is 0 Å². The van der Waals surface area contributed by atoms with Gasteiger partial charge in [0, 0.05) is 17.3 Å². The normalized spacial score (nSPS) is 18.0. The largest absolute Gasteiger partial charge is 0.486 e. The number of ether oxygens (including phenoxy) is 2. The van der Waals surface area contributed by atoms with Gasteiger partial charge in [-0.2, -0.15) is 5.10 Å². The summed E-state index contributed by atoms with van der Waals surface area (Å²) in [5, 5.41) is 8.26. The molecule has 1 aromatic carbocycles. The predicted octanol–water partition coefficient (Wildman–Crippen LogP) is 1.30. The van der Waals surface area contributed by atoms with Crippen LogP contribution in [0.5, 0.6) is 11.5 Å². The molecule has 0 radical (unpaired) electrons. The van der Waals surface area contributed by atoms with Crippen molar-refractivity contribution in [2.24, 2.45) is 11.7 Å². The molecule has 3 rings (SSSR count). The highest BCUT2D eigenvalue weighted by Gasteiger charge is 2.26. The Morgan fingerprint density at radius 2 is 2.25 bits per heavy atom. The number of rotatable bonds is 5. The first-order valence-corrected chi connectivity index (χ1v) is 8.27. The monoisotopic (exact) mass is 332 g/mol. The molecule has 1 aromatic heterocycles. The van der Waals surface area contributed by atoms with Gasteiger partial charge < -0.3 is 20.5 Å². The summed E-state index contributed by atoms with van der Waals surface area (Å²) in [6.07, 6.45) is 1.57. The molecule has 1 aliphatic heterocycles. The highest BCUT2D eigenvalue weighted by molar-refractivity contribution is 5.87. The fraction of sp³-hybridized carbons (Fsp3) is 0.529. The fourth-order valence-electron chi connectivity index (χ4n) is 2.67. The van der Waals surface area contributed by atoms with Crippen molar-refractivity contribution in [2.45, 2.75) is 39.5 Å². The second kappa shape index (κ2) is 6.68. The van der Waals surface area contributed by atoms with Crippen LogP contribution in [-0.2, 0) is 11.3 Å². The Morgan fingerprint density at radius 1 is 1.46 bits per heavy atom. The summed E-state index contributed by atoms with van der Waals surface area (Å²) in [5.74, 6) is 1.31. The van der Waals surface area contributed by atoms with Crippen molar-refractivity contribution in [1.82, 2.24) is 15.1 Å². The van der Waals surface area contributed by atoms with E-state index in [0.717, 1.165) is 10.9 Å². The van der Waals surface area contributed by atoms with E-state index in [1.807, 2.05) is 37.6 Å². The van der Waals surface area contributed by atoms with Gasteiger partial charge in [-0.1, -0.05) is 13.8 Å². The number of fused-ring (bicyclic) bond motifs is 3. The first kappa shape index (κ1) is 16.6. The van der Waals surface area contributed by atoms with Crippen molar-refractivity contribution < 1.29 is 14.3 Å².